The number of hydrogen-bond acceptors (Lipinski definition) is 3. The van der Waals surface area contributed by atoms with E-state index in [0.717, 1.165) is 49.7 Å². The monoisotopic (exact) mass is 324 g/mol. The molecule has 24 heavy (non-hydrogen) atoms. The highest BCUT2D eigenvalue weighted by molar-refractivity contribution is 5.89. The summed E-state index contributed by atoms with van der Waals surface area (Å²) in [4.78, 5) is 16.6. The molecule has 126 valence electrons. The van der Waals surface area contributed by atoms with Gasteiger partial charge in [0.2, 0.25) is 0 Å². The van der Waals surface area contributed by atoms with Crippen molar-refractivity contribution in [2.75, 3.05) is 37.2 Å². The Bertz CT molecular complexity index is 708. The summed E-state index contributed by atoms with van der Waals surface area (Å²) in [6.45, 7) is 6.11. The number of piperazine rings is 1. The molecule has 0 atom stereocenters. The summed E-state index contributed by atoms with van der Waals surface area (Å²) in [5.74, 6) is 0. The van der Waals surface area contributed by atoms with Crippen molar-refractivity contribution in [2.24, 2.45) is 0 Å². The van der Waals surface area contributed by atoms with Crippen LogP contribution in [0.4, 0.5) is 16.2 Å². The van der Waals surface area contributed by atoms with Crippen molar-refractivity contribution in [3.8, 4) is 0 Å². The average Bonchev–Trinajstić information content (AvgIpc) is 2.55. The van der Waals surface area contributed by atoms with Crippen LogP contribution in [0.5, 0.6) is 0 Å². The van der Waals surface area contributed by atoms with Gasteiger partial charge < -0.3 is 16.0 Å². The van der Waals surface area contributed by atoms with Crippen molar-refractivity contribution < 1.29 is 4.79 Å². The van der Waals surface area contributed by atoms with Gasteiger partial charge in [-0.25, -0.2) is 4.79 Å². The zero-order chi connectivity index (χ0) is 16.9. The lowest BCUT2D eigenvalue weighted by atomic mass is 10.2. The van der Waals surface area contributed by atoms with Gasteiger partial charge in [-0.05, 0) is 42.3 Å². The van der Waals surface area contributed by atoms with Crippen LogP contribution in [-0.4, -0.2) is 42.0 Å². The summed E-state index contributed by atoms with van der Waals surface area (Å²) in [6.07, 6.45) is 0. The molecule has 2 amide bonds. The molecule has 0 radical (unpaired) electrons. The third-order valence-electron chi connectivity index (χ3n) is 4.29. The van der Waals surface area contributed by atoms with Gasteiger partial charge in [0.25, 0.3) is 0 Å². The summed E-state index contributed by atoms with van der Waals surface area (Å²) < 4.78 is 0. The third kappa shape index (κ3) is 4.26. The lowest BCUT2D eigenvalue weighted by molar-refractivity contribution is 0.143. The number of hydrogen-bond donors (Lipinski definition) is 2. The van der Waals surface area contributed by atoms with Crippen molar-refractivity contribution >= 4 is 17.4 Å². The van der Waals surface area contributed by atoms with E-state index in [1.54, 1.807) is 0 Å². The molecule has 1 fully saturated rings. The van der Waals surface area contributed by atoms with Gasteiger partial charge in [0, 0.05) is 44.1 Å². The molecule has 0 unspecified atom stereocenters. The Morgan fingerprint density at radius 2 is 1.83 bits per heavy atom. The SMILES string of the molecule is Cc1cccc(NC(=O)N2CCN(Cc3cccc(N)c3)CC2)c1. The Labute approximate surface area is 143 Å². The molecular weight excluding hydrogens is 300 g/mol. The molecule has 0 bridgehead atoms. The minimum absolute atomic E-state index is 0.0239. The number of benzene rings is 2. The molecule has 1 heterocycles. The number of carbonyl (C=O) groups excluding carboxylic acids is 1. The number of aryl methyl sites for hydroxylation is 1. The molecule has 2 aromatic rings. The molecule has 5 heteroatoms. The summed E-state index contributed by atoms with van der Waals surface area (Å²) in [6, 6.07) is 15.8. The number of nitrogens with one attached hydrogen (secondary N) is 1. The summed E-state index contributed by atoms with van der Waals surface area (Å²) in [5.41, 5.74) is 9.83. The first-order valence-corrected chi connectivity index (χ1v) is 8.29. The van der Waals surface area contributed by atoms with Crippen LogP contribution in [0.15, 0.2) is 48.5 Å². The van der Waals surface area contributed by atoms with E-state index in [1.807, 2.05) is 54.3 Å². The first kappa shape index (κ1) is 16.3. The molecule has 0 saturated carbocycles. The van der Waals surface area contributed by atoms with Crippen LogP contribution < -0.4 is 11.1 Å². The minimum atomic E-state index is -0.0239. The van der Waals surface area contributed by atoms with E-state index in [-0.39, 0.29) is 6.03 Å². The molecule has 0 aliphatic carbocycles. The lowest BCUT2D eigenvalue weighted by Crippen LogP contribution is -2.49. The highest BCUT2D eigenvalue weighted by Crippen LogP contribution is 2.14. The largest absolute Gasteiger partial charge is 0.399 e. The normalized spacial score (nSPS) is 15.3. The van der Waals surface area contributed by atoms with Crippen molar-refractivity contribution in [2.45, 2.75) is 13.5 Å². The number of nitrogens with zero attached hydrogens (tertiary/aromatic N) is 2. The van der Waals surface area contributed by atoms with Crippen LogP contribution in [-0.2, 0) is 6.54 Å². The van der Waals surface area contributed by atoms with Crippen LogP contribution in [0, 0.1) is 6.92 Å². The Balaban J connectivity index is 1.50. The summed E-state index contributed by atoms with van der Waals surface area (Å²) in [7, 11) is 0. The smallest absolute Gasteiger partial charge is 0.321 e. The van der Waals surface area contributed by atoms with E-state index in [4.69, 9.17) is 5.73 Å². The highest BCUT2D eigenvalue weighted by Gasteiger charge is 2.21. The van der Waals surface area contributed by atoms with Crippen LogP contribution in [0.1, 0.15) is 11.1 Å². The van der Waals surface area contributed by atoms with Gasteiger partial charge in [0.15, 0.2) is 0 Å². The molecule has 3 rings (SSSR count). The predicted octanol–water partition coefficient (Wildman–Crippen LogP) is 2.93. The zero-order valence-electron chi connectivity index (χ0n) is 14.0. The van der Waals surface area contributed by atoms with Crippen molar-refractivity contribution in [1.82, 2.24) is 9.80 Å². The van der Waals surface area contributed by atoms with Crippen molar-refractivity contribution in [1.29, 1.82) is 0 Å². The first-order valence-electron chi connectivity index (χ1n) is 8.29. The topological polar surface area (TPSA) is 61.6 Å². The van der Waals surface area contributed by atoms with E-state index < -0.39 is 0 Å². The lowest BCUT2D eigenvalue weighted by Gasteiger charge is -2.34. The van der Waals surface area contributed by atoms with Gasteiger partial charge in [-0.15, -0.1) is 0 Å². The average molecular weight is 324 g/mol. The number of nitrogens with two attached hydrogens (primary N) is 1. The fourth-order valence-electron chi connectivity index (χ4n) is 2.98. The minimum Gasteiger partial charge on any atom is -0.399 e. The maximum Gasteiger partial charge on any atom is 0.321 e. The number of nitrogen functional groups attached to an aromatic ring is 1. The molecule has 1 saturated heterocycles. The molecular formula is C19H24N4O. The molecule has 1 aliphatic heterocycles. The van der Waals surface area contributed by atoms with Crippen LogP contribution in [0.2, 0.25) is 0 Å². The van der Waals surface area contributed by atoms with Gasteiger partial charge >= 0.3 is 6.03 Å². The van der Waals surface area contributed by atoms with E-state index in [0.29, 0.717) is 0 Å². The van der Waals surface area contributed by atoms with E-state index in [1.165, 1.54) is 5.56 Å². The third-order valence-corrected chi connectivity index (χ3v) is 4.29. The molecule has 3 N–H and O–H groups in total. The van der Waals surface area contributed by atoms with Gasteiger partial charge in [0.1, 0.15) is 0 Å². The van der Waals surface area contributed by atoms with E-state index >= 15 is 0 Å². The Morgan fingerprint density at radius 3 is 2.54 bits per heavy atom. The highest BCUT2D eigenvalue weighted by atomic mass is 16.2. The van der Waals surface area contributed by atoms with Gasteiger partial charge in [-0.2, -0.15) is 0 Å². The molecule has 2 aromatic carbocycles. The molecule has 0 aromatic heterocycles. The second kappa shape index (κ2) is 7.36. The fourth-order valence-corrected chi connectivity index (χ4v) is 2.98. The molecule has 1 aliphatic rings. The van der Waals surface area contributed by atoms with Gasteiger partial charge in [0.05, 0.1) is 0 Å². The quantitative estimate of drug-likeness (QED) is 0.853. The summed E-state index contributed by atoms with van der Waals surface area (Å²) in [5, 5.41) is 2.98. The number of rotatable bonds is 3. The number of urea groups is 1. The van der Waals surface area contributed by atoms with Crippen molar-refractivity contribution in [3.63, 3.8) is 0 Å². The number of carbonyl (C=O) groups is 1. The van der Waals surface area contributed by atoms with E-state index in [9.17, 15) is 4.79 Å². The summed E-state index contributed by atoms with van der Waals surface area (Å²) >= 11 is 0. The van der Waals surface area contributed by atoms with Gasteiger partial charge in [-0.1, -0.05) is 24.3 Å². The predicted molar refractivity (Wildman–Crippen MR) is 97.9 cm³/mol. The first-order chi connectivity index (χ1) is 11.6. The standard InChI is InChI=1S/C19H24N4O/c1-15-4-2-7-18(12-15)21-19(24)23-10-8-22(9-11-23)14-16-5-3-6-17(20)13-16/h2-7,12-13H,8-11,14,20H2,1H3,(H,21,24). The Hall–Kier alpha value is -2.53. The Kier molecular flexibility index (Phi) is 5.01. The van der Waals surface area contributed by atoms with Gasteiger partial charge in [-0.3, -0.25) is 4.90 Å². The van der Waals surface area contributed by atoms with Crippen molar-refractivity contribution in [3.05, 3.63) is 59.7 Å². The second-order valence-corrected chi connectivity index (χ2v) is 6.31. The molecule has 5 nitrogen and oxygen atoms in total. The van der Waals surface area contributed by atoms with Crippen LogP contribution in [0.3, 0.4) is 0 Å². The van der Waals surface area contributed by atoms with Crippen LogP contribution in [0.25, 0.3) is 0 Å². The molecule has 0 spiro atoms. The fraction of sp³-hybridized carbons (Fsp3) is 0.316. The van der Waals surface area contributed by atoms with Crippen LogP contribution >= 0.6 is 0 Å². The zero-order valence-corrected chi connectivity index (χ0v) is 14.0. The number of anilines is 2. The maximum atomic E-state index is 12.4. The second-order valence-electron chi connectivity index (χ2n) is 6.31. The Morgan fingerprint density at radius 1 is 1.08 bits per heavy atom. The number of amides is 2. The van der Waals surface area contributed by atoms with E-state index in [2.05, 4.69) is 16.3 Å². The maximum absolute atomic E-state index is 12.4.